The second-order valence-electron chi connectivity index (χ2n) is 4.49. The highest BCUT2D eigenvalue weighted by Crippen LogP contribution is 2.36. The number of fused-ring (bicyclic) bond motifs is 1. The average molecular weight is 289 g/mol. The minimum atomic E-state index is 0.0604. The summed E-state index contributed by atoms with van der Waals surface area (Å²) in [5, 5.41) is 1.72. The van der Waals surface area contributed by atoms with E-state index in [1.807, 2.05) is 31.2 Å². The Morgan fingerprint density at radius 3 is 2.79 bits per heavy atom. The third-order valence-corrected chi connectivity index (χ3v) is 4.71. The van der Waals surface area contributed by atoms with Crippen LogP contribution < -0.4 is 5.73 Å². The van der Waals surface area contributed by atoms with Crippen molar-refractivity contribution >= 4 is 33.8 Å². The van der Waals surface area contributed by atoms with Crippen LogP contribution in [-0.4, -0.2) is 4.98 Å². The molecule has 1 aromatic carbocycles. The Labute approximate surface area is 120 Å². The van der Waals surface area contributed by atoms with Crippen LogP contribution in [0.4, 0.5) is 0 Å². The highest BCUT2D eigenvalue weighted by atomic mass is 35.5. The predicted octanol–water partition coefficient (Wildman–Crippen LogP) is 4.64. The van der Waals surface area contributed by atoms with Gasteiger partial charge in [-0.2, -0.15) is 0 Å². The summed E-state index contributed by atoms with van der Waals surface area (Å²) < 4.78 is 0. The molecule has 0 aliphatic carbocycles. The molecule has 96 valence electrons. The van der Waals surface area contributed by atoms with Gasteiger partial charge in [-0.05, 0) is 43.3 Å². The first kappa shape index (κ1) is 12.6. The molecular formula is C15H13ClN2S. The molecule has 0 amide bonds. The summed E-state index contributed by atoms with van der Waals surface area (Å²) in [4.78, 5) is 6.81. The van der Waals surface area contributed by atoms with Crippen molar-refractivity contribution < 1.29 is 0 Å². The van der Waals surface area contributed by atoms with E-state index in [2.05, 4.69) is 17.1 Å². The van der Waals surface area contributed by atoms with Gasteiger partial charge in [0.2, 0.25) is 0 Å². The van der Waals surface area contributed by atoms with Gasteiger partial charge in [-0.3, -0.25) is 4.98 Å². The molecule has 3 aromatic rings. The number of hydrogen-bond donors (Lipinski definition) is 1. The third kappa shape index (κ3) is 2.25. The molecule has 2 N–H and O–H groups in total. The van der Waals surface area contributed by atoms with Gasteiger partial charge in [0.15, 0.2) is 0 Å². The van der Waals surface area contributed by atoms with Crippen molar-refractivity contribution in [1.82, 2.24) is 4.98 Å². The maximum Gasteiger partial charge on any atom is 0.0803 e. The number of halogens is 1. The van der Waals surface area contributed by atoms with Crippen LogP contribution in [0, 0.1) is 0 Å². The Morgan fingerprint density at radius 2 is 2.05 bits per heavy atom. The van der Waals surface area contributed by atoms with Gasteiger partial charge >= 0.3 is 0 Å². The number of nitrogens with zero attached hydrogens (tertiary/aromatic N) is 1. The first-order valence-corrected chi connectivity index (χ1v) is 7.25. The van der Waals surface area contributed by atoms with Gasteiger partial charge in [-0.15, -0.1) is 11.3 Å². The SMILES string of the molecule is CC(N)c1ccc(-c2ccc(Cl)c3cccnc23)s1. The quantitative estimate of drug-likeness (QED) is 0.746. The van der Waals surface area contributed by atoms with E-state index < -0.39 is 0 Å². The molecule has 0 radical (unpaired) electrons. The highest BCUT2D eigenvalue weighted by molar-refractivity contribution is 7.15. The molecule has 0 fully saturated rings. The van der Waals surface area contributed by atoms with Crippen LogP contribution in [0.1, 0.15) is 17.8 Å². The lowest BCUT2D eigenvalue weighted by Gasteiger charge is -2.05. The molecule has 1 atom stereocenters. The fourth-order valence-electron chi connectivity index (χ4n) is 2.08. The first-order chi connectivity index (χ1) is 9.16. The van der Waals surface area contributed by atoms with Crippen LogP contribution >= 0.6 is 22.9 Å². The molecule has 0 saturated heterocycles. The minimum Gasteiger partial charge on any atom is -0.324 e. The van der Waals surface area contributed by atoms with Crippen LogP contribution in [0.15, 0.2) is 42.6 Å². The lowest BCUT2D eigenvalue weighted by atomic mass is 10.1. The average Bonchev–Trinajstić information content (AvgIpc) is 2.89. The van der Waals surface area contributed by atoms with E-state index in [9.17, 15) is 0 Å². The van der Waals surface area contributed by atoms with Gasteiger partial charge in [0.05, 0.1) is 10.5 Å². The van der Waals surface area contributed by atoms with E-state index in [1.54, 1.807) is 17.5 Å². The molecule has 2 heterocycles. The number of aromatic nitrogens is 1. The largest absolute Gasteiger partial charge is 0.324 e. The van der Waals surface area contributed by atoms with Crippen molar-refractivity contribution in [2.24, 2.45) is 5.73 Å². The summed E-state index contributed by atoms with van der Waals surface area (Å²) in [7, 11) is 0. The summed E-state index contributed by atoms with van der Waals surface area (Å²) in [6.45, 7) is 1.99. The lowest BCUT2D eigenvalue weighted by molar-refractivity contribution is 0.838. The Hall–Kier alpha value is -1.42. The van der Waals surface area contributed by atoms with Crippen molar-refractivity contribution in [3.8, 4) is 10.4 Å². The number of rotatable bonds is 2. The fraction of sp³-hybridized carbons (Fsp3) is 0.133. The zero-order valence-electron chi connectivity index (χ0n) is 10.4. The maximum atomic E-state index is 6.22. The maximum absolute atomic E-state index is 6.22. The molecule has 19 heavy (non-hydrogen) atoms. The number of nitrogens with two attached hydrogens (primary N) is 1. The lowest BCUT2D eigenvalue weighted by Crippen LogP contribution is -2.01. The molecule has 4 heteroatoms. The van der Waals surface area contributed by atoms with Crippen LogP contribution in [0.25, 0.3) is 21.3 Å². The molecule has 2 nitrogen and oxygen atoms in total. The van der Waals surface area contributed by atoms with Crippen LogP contribution in [-0.2, 0) is 0 Å². The van der Waals surface area contributed by atoms with E-state index >= 15 is 0 Å². The number of thiophene rings is 1. The van der Waals surface area contributed by atoms with E-state index in [-0.39, 0.29) is 6.04 Å². The number of pyridine rings is 1. The smallest absolute Gasteiger partial charge is 0.0803 e. The number of benzene rings is 1. The van der Waals surface area contributed by atoms with Gasteiger partial charge in [0, 0.05) is 32.9 Å². The van der Waals surface area contributed by atoms with Gasteiger partial charge in [0.1, 0.15) is 0 Å². The van der Waals surface area contributed by atoms with E-state index in [4.69, 9.17) is 17.3 Å². The molecule has 3 rings (SSSR count). The second kappa shape index (κ2) is 4.93. The molecule has 0 spiro atoms. The van der Waals surface area contributed by atoms with Crippen molar-refractivity contribution in [1.29, 1.82) is 0 Å². The minimum absolute atomic E-state index is 0.0604. The summed E-state index contributed by atoms with van der Waals surface area (Å²) in [5.74, 6) is 0. The monoisotopic (exact) mass is 288 g/mol. The normalized spacial score (nSPS) is 12.8. The molecular weight excluding hydrogens is 276 g/mol. The Bertz CT molecular complexity index is 734. The molecule has 0 saturated carbocycles. The van der Waals surface area contributed by atoms with Gasteiger partial charge in [-0.25, -0.2) is 0 Å². The Kier molecular flexibility index (Phi) is 3.27. The van der Waals surface area contributed by atoms with Gasteiger partial charge < -0.3 is 5.73 Å². The molecule has 0 aliphatic rings. The van der Waals surface area contributed by atoms with E-state index in [0.717, 1.165) is 21.5 Å². The topological polar surface area (TPSA) is 38.9 Å². The molecule has 2 aromatic heterocycles. The molecule has 1 unspecified atom stereocenters. The van der Waals surface area contributed by atoms with Gasteiger partial charge in [-0.1, -0.05) is 11.6 Å². The molecule has 0 bridgehead atoms. The standard InChI is InChI=1S/C15H13ClN2S/c1-9(17)13-6-7-14(19-13)11-4-5-12(16)10-3-2-8-18-15(10)11/h2-9H,17H2,1H3. The summed E-state index contributed by atoms with van der Waals surface area (Å²) in [6, 6.07) is 12.1. The van der Waals surface area contributed by atoms with Crippen LogP contribution in [0.2, 0.25) is 5.02 Å². The first-order valence-electron chi connectivity index (χ1n) is 6.06. The van der Waals surface area contributed by atoms with Crippen molar-refractivity contribution in [3.05, 3.63) is 52.5 Å². The summed E-state index contributed by atoms with van der Waals surface area (Å²) >= 11 is 7.92. The van der Waals surface area contributed by atoms with E-state index in [1.165, 1.54) is 9.75 Å². The van der Waals surface area contributed by atoms with E-state index in [0.29, 0.717) is 0 Å². The number of hydrogen-bond acceptors (Lipinski definition) is 3. The second-order valence-corrected chi connectivity index (χ2v) is 6.01. The van der Waals surface area contributed by atoms with Crippen molar-refractivity contribution in [2.75, 3.05) is 0 Å². The zero-order valence-corrected chi connectivity index (χ0v) is 12.0. The summed E-state index contributed by atoms with van der Waals surface area (Å²) in [6.07, 6.45) is 1.79. The van der Waals surface area contributed by atoms with Crippen LogP contribution in [0.3, 0.4) is 0 Å². The molecule has 0 aliphatic heterocycles. The summed E-state index contributed by atoms with van der Waals surface area (Å²) in [5.41, 5.74) is 7.96. The van der Waals surface area contributed by atoms with Crippen molar-refractivity contribution in [3.63, 3.8) is 0 Å². The van der Waals surface area contributed by atoms with Crippen molar-refractivity contribution in [2.45, 2.75) is 13.0 Å². The Balaban J connectivity index is 2.22. The predicted molar refractivity (Wildman–Crippen MR) is 82.7 cm³/mol. The zero-order chi connectivity index (χ0) is 13.4. The fourth-order valence-corrected chi connectivity index (χ4v) is 3.28. The van der Waals surface area contributed by atoms with Crippen LogP contribution in [0.5, 0.6) is 0 Å². The Morgan fingerprint density at radius 1 is 1.21 bits per heavy atom. The van der Waals surface area contributed by atoms with Gasteiger partial charge in [0.25, 0.3) is 0 Å². The highest BCUT2D eigenvalue weighted by Gasteiger charge is 2.11. The third-order valence-electron chi connectivity index (χ3n) is 3.06.